The van der Waals surface area contributed by atoms with Crippen LogP contribution >= 0.6 is 0 Å². The molecule has 5 heteroatoms. The molecule has 5 nitrogen and oxygen atoms in total. The van der Waals surface area contributed by atoms with Gasteiger partial charge in [-0.2, -0.15) is 0 Å². The summed E-state index contributed by atoms with van der Waals surface area (Å²) in [5, 5.41) is 4.45. The zero-order valence-electron chi connectivity index (χ0n) is 17.1. The first kappa shape index (κ1) is 18.3. The summed E-state index contributed by atoms with van der Waals surface area (Å²) < 4.78 is 0. The predicted molar refractivity (Wildman–Crippen MR) is 117 cm³/mol. The molecule has 2 heterocycles. The van der Waals surface area contributed by atoms with E-state index in [2.05, 4.69) is 71.8 Å². The summed E-state index contributed by atoms with van der Waals surface area (Å²) in [6, 6.07) is 19.0. The molecule has 2 aromatic carbocycles. The van der Waals surface area contributed by atoms with Crippen LogP contribution in [0.25, 0.3) is 10.9 Å². The van der Waals surface area contributed by atoms with E-state index < -0.39 is 0 Å². The largest absolute Gasteiger partial charge is 0.359 e. The molecular weight excluding hydrogens is 360 g/mol. The summed E-state index contributed by atoms with van der Waals surface area (Å²) in [5.74, 6) is 0. The molecule has 1 aliphatic heterocycles. The van der Waals surface area contributed by atoms with Crippen molar-refractivity contribution in [2.75, 3.05) is 25.5 Å². The molecule has 0 bridgehead atoms. The summed E-state index contributed by atoms with van der Waals surface area (Å²) in [7, 11) is 4.35. The van der Waals surface area contributed by atoms with E-state index in [9.17, 15) is 4.79 Å². The van der Waals surface area contributed by atoms with Crippen LogP contribution in [-0.4, -0.2) is 42.1 Å². The number of fused-ring (bicyclic) bond motifs is 1. The second kappa shape index (κ2) is 6.63. The zero-order valence-corrected chi connectivity index (χ0v) is 17.1. The highest BCUT2D eigenvalue weighted by molar-refractivity contribution is 6.04. The number of benzene rings is 2. The van der Waals surface area contributed by atoms with Gasteiger partial charge in [-0.15, -0.1) is 0 Å². The maximum Gasteiger partial charge on any atom is 0.322 e. The SMILES string of the molecule is CN(C)[C@]1(c2ccccc2)CC[C@@]2(CC1)CN(c1c[nH]c3ccccc13)C(=O)N2. The number of aromatic nitrogens is 1. The smallest absolute Gasteiger partial charge is 0.322 e. The number of anilines is 1. The molecule has 3 aromatic rings. The third kappa shape index (κ3) is 2.84. The van der Waals surface area contributed by atoms with Crippen LogP contribution < -0.4 is 10.2 Å². The topological polar surface area (TPSA) is 51.4 Å². The number of hydrogen-bond acceptors (Lipinski definition) is 2. The van der Waals surface area contributed by atoms with Crippen LogP contribution in [-0.2, 0) is 5.54 Å². The molecule has 29 heavy (non-hydrogen) atoms. The molecule has 5 rings (SSSR count). The monoisotopic (exact) mass is 388 g/mol. The minimum atomic E-state index is -0.149. The highest BCUT2D eigenvalue weighted by Crippen LogP contribution is 2.46. The molecule has 1 saturated heterocycles. The van der Waals surface area contributed by atoms with E-state index in [1.807, 2.05) is 23.2 Å². The molecule has 2 N–H and O–H groups in total. The number of para-hydroxylation sites is 1. The average molecular weight is 389 g/mol. The van der Waals surface area contributed by atoms with E-state index in [4.69, 9.17) is 0 Å². The molecule has 0 radical (unpaired) electrons. The van der Waals surface area contributed by atoms with E-state index in [-0.39, 0.29) is 17.1 Å². The Bertz CT molecular complexity index is 1030. The third-order valence-corrected chi connectivity index (χ3v) is 7.14. The Labute approximate surface area is 171 Å². The molecule has 1 spiro atoms. The van der Waals surface area contributed by atoms with Crippen molar-refractivity contribution in [3.05, 3.63) is 66.4 Å². The third-order valence-electron chi connectivity index (χ3n) is 7.14. The molecule has 1 saturated carbocycles. The minimum absolute atomic E-state index is 0.0202. The molecule has 2 aliphatic rings. The van der Waals surface area contributed by atoms with Gasteiger partial charge in [-0.1, -0.05) is 48.5 Å². The van der Waals surface area contributed by atoms with E-state index in [1.54, 1.807) is 0 Å². The van der Waals surface area contributed by atoms with Crippen molar-refractivity contribution in [3.8, 4) is 0 Å². The summed E-state index contributed by atoms with van der Waals surface area (Å²) in [4.78, 5) is 20.5. The number of aromatic amines is 1. The van der Waals surface area contributed by atoms with E-state index in [1.165, 1.54) is 5.56 Å². The van der Waals surface area contributed by atoms with Gasteiger partial charge in [-0.05, 0) is 51.4 Å². The zero-order chi connectivity index (χ0) is 20.1. The predicted octanol–water partition coefficient (Wildman–Crippen LogP) is 4.47. The number of amides is 2. The lowest BCUT2D eigenvalue weighted by molar-refractivity contribution is 0.0658. The Hall–Kier alpha value is -2.79. The maximum atomic E-state index is 12.9. The lowest BCUT2D eigenvalue weighted by atomic mass is 9.69. The van der Waals surface area contributed by atoms with Gasteiger partial charge >= 0.3 is 6.03 Å². The lowest BCUT2D eigenvalue weighted by Crippen LogP contribution is -2.54. The van der Waals surface area contributed by atoms with Gasteiger partial charge < -0.3 is 10.3 Å². The number of rotatable bonds is 3. The fourth-order valence-corrected chi connectivity index (χ4v) is 5.35. The Morgan fingerprint density at radius 2 is 1.62 bits per heavy atom. The van der Waals surface area contributed by atoms with Gasteiger partial charge in [0.15, 0.2) is 0 Å². The van der Waals surface area contributed by atoms with Gasteiger partial charge in [0.2, 0.25) is 0 Å². The molecule has 0 atom stereocenters. The molecule has 150 valence electrons. The van der Waals surface area contributed by atoms with Crippen molar-refractivity contribution < 1.29 is 4.79 Å². The van der Waals surface area contributed by atoms with Gasteiger partial charge in [0, 0.05) is 22.6 Å². The molecular formula is C24H28N4O. The van der Waals surface area contributed by atoms with Gasteiger partial charge in [-0.25, -0.2) is 4.79 Å². The first-order chi connectivity index (χ1) is 14.0. The number of carbonyl (C=O) groups excluding carboxylic acids is 1. The normalized spacial score (nSPS) is 27.1. The number of hydrogen-bond donors (Lipinski definition) is 2. The number of urea groups is 1. The molecule has 1 aromatic heterocycles. The quantitative estimate of drug-likeness (QED) is 0.696. The van der Waals surface area contributed by atoms with Crippen LogP contribution in [0.1, 0.15) is 31.2 Å². The average Bonchev–Trinajstić information content (AvgIpc) is 3.30. The van der Waals surface area contributed by atoms with Crippen molar-refractivity contribution >= 4 is 22.6 Å². The van der Waals surface area contributed by atoms with Crippen LogP contribution in [0.3, 0.4) is 0 Å². The van der Waals surface area contributed by atoms with E-state index >= 15 is 0 Å². The first-order valence-corrected chi connectivity index (χ1v) is 10.4. The van der Waals surface area contributed by atoms with Gasteiger partial charge in [-0.3, -0.25) is 9.80 Å². The number of H-pyrrole nitrogens is 1. The standard InChI is InChI=1S/C24H28N4O/c1-27(2)24(18-8-4-3-5-9-18)14-12-23(13-15-24)17-28(22(29)26-23)21-16-25-20-11-7-6-10-19(20)21/h3-11,16,25H,12-15,17H2,1-2H3,(H,26,29)/t23-,24-. The summed E-state index contributed by atoms with van der Waals surface area (Å²) in [6.45, 7) is 0.728. The number of nitrogens with one attached hydrogen (secondary N) is 2. The Morgan fingerprint density at radius 1 is 0.931 bits per heavy atom. The summed E-state index contributed by atoms with van der Waals surface area (Å²) in [5.41, 5.74) is 3.30. The highest BCUT2D eigenvalue weighted by atomic mass is 16.2. The Kier molecular flexibility index (Phi) is 4.17. The maximum absolute atomic E-state index is 12.9. The fraction of sp³-hybridized carbons (Fsp3) is 0.375. The van der Waals surface area contributed by atoms with Gasteiger partial charge in [0.25, 0.3) is 0 Å². The van der Waals surface area contributed by atoms with Gasteiger partial charge in [0.1, 0.15) is 0 Å². The lowest BCUT2D eigenvalue weighted by Gasteiger charge is -2.48. The molecule has 2 amide bonds. The van der Waals surface area contributed by atoms with E-state index in [0.717, 1.165) is 48.8 Å². The number of carbonyl (C=O) groups is 1. The molecule has 1 aliphatic carbocycles. The van der Waals surface area contributed by atoms with Gasteiger partial charge in [0.05, 0.1) is 17.8 Å². The Morgan fingerprint density at radius 3 is 2.34 bits per heavy atom. The fourth-order valence-electron chi connectivity index (χ4n) is 5.35. The number of nitrogens with zero attached hydrogens (tertiary/aromatic N) is 2. The second-order valence-corrected chi connectivity index (χ2v) is 8.81. The van der Waals surface area contributed by atoms with Crippen molar-refractivity contribution in [1.82, 2.24) is 15.2 Å². The Balaban J connectivity index is 1.41. The molecule has 2 fully saturated rings. The highest BCUT2D eigenvalue weighted by Gasteiger charge is 2.50. The van der Waals surface area contributed by atoms with E-state index in [0.29, 0.717) is 0 Å². The summed E-state index contributed by atoms with van der Waals surface area (Å²) in [6.07, 6.45) is 5.98. The van der Waals surface area contributed by atoms with Crippen LogP contribution in [0.4, 0.5) is 10.5 Å². The van der Waals surface area contributed by atoms with Crippen LogP contribution in [0.2, 0.25) is 0 Å². The van der Waals surface area contributed by atoms with Crippen molar-refractivity contribution in [2.24, 2.45) is 0 Å². The van der Waals surface area contributed by atoms with Crippen LogP contribution in [0, 0.1) is 0 Å². The van der Waals surface area contributed by atoms with Crippen LogP contribution in [0.15, 0.2) is 60.8 Å². The molecule has 0 unspecified atom stereocenters. The van der Waals surface area contributed by atoms with Crippen molar-refractivity contribution in [3.63, 3.8) is 0 Å². The van der Waals surface area contributed by atoms with Crippen molar-refractivity contribution in [2.45, 2.75) is 36.8 Å². The van der Waals surface area contributed by atoms with Crippen LogP contribution in [0.5, 0.6) is 0 Å². The first-order valence-electron chi connectivity index (χ1n) is 10.4. The second-order valence-electron chi connectivity index (χ2n) is 8.81. The summed E-state index contributed by atoms with van der Waals surface area (Å²) >= 11 is 0. The van der Waals surface area contributed by atoms with Crippen molar-refractivity contribution in [1.29, 1.82) is 0 Å². The minimum Gasteiger partial charge on any atom is -0.359 e.